The highest BCUT2D eigenvalue weighted by Gasteiger charge is 2.37. The van der Waals surface area contributed by atoms with Gasteiger partial charge in [-0.15, -0.1) is 0 Å². The molecular formula is C15H22F5NOSi. The van der Waals surface area contributed by atoms with E-state index in [0.29, 0.717) is 12.5 Å². The minimum absolute atomic E-state index is 0.00705. The Bertz CT molecular complexity index is 528. The topological polar surface area (TPSA) is 32.3 Å². The van der Waals surface area contributed by atoms with Crippen LogP contribution in [0.3, 0.4) is 0 Å². The molecule has 0 aliphatic rings. The molecule has 0 saturated carbocycles. The average Bonchev–Trinajstić information content (AvgIpc) is 2.49. The van der Waals surface area contributed by atoms with Crippen LogP contribution in [0.4, 0.5) is 27.6 Å². The van der Waals surface area contributed by atoms with Gasteiger partial charge in [-0.25, -0.2) is 22.0 Å². The Labute approximate surface area is 133 Å². The van der Waals surface area contributed by atoms with Crippen molar-refractivity contribution in [1.82, 2.24) is 0 Å². The van der Waals surface area contributed by atoms with Crippen molar-refractivity contribution in [2.45, 2.75) is 51.2 Å². The molecule has 2 N–H and O–H groups in total. The van der Waals surface area contributed by atoms with Gasteiger partial charge in [0.2, 0.25) is 5.82 Å². The molecule has 0 aliphatic carbocycles. The molecule has 0 spiro atoms. The lowest BCUT2D eigenvalue weighted by Gasteiger charge is -2.33. The summed E-state index contributed by atoms with van der Waals surface area (Å²) in [5.74, 6) is -9.86. The van der Waals surface area contributed by atoms with Gasteiger partial charge >= 0.3 is 0 Å². The Kier molecular flexibility index (Phi) is 6.58. The fraction of sp³-hybridized carbons (Fsp3) is 0.600. The fourth-order valence-corrected chi connectivity index (χ4v) is 5.82. The van der Waals surface area contributed by atoms with Crippen molar-refractivity contribution in [1.29, 1.82) is 0 Å². The van der Waals surface area contributed by atoms with Gasteiger partial charge in [-0.05, 0) is 23.5 Å². The van der Waals surface area contributed by atoms with Crippen molar-refractivity contribution < 1.29 is 26.7 Å². The van der Waals surface area contributed by atoms with Gasteiger partial charge in [0, 0.05) is 6.54 Å². The molecule has 1 aromatic carbocycles. The van der Waals surface area contributed by atoms with Crippen LogP contribution >= 0.6 is 0 Å². The summed E-state index contributed by atoms with van der Waals surface area (Å²) < 4.78 is 66.1. The largest absolute Gasteiger partial charge is 0.431 e. The molecular weight excluding hydrogens is 333 g/mol. The number of anilines is 1. The summed E-state index contributed by atoms with van der Waals surface area (Å²) >= 11 is 0. The lowest BCUT2D eigenvalue weighted by atomic mass is 10.2. The van der Waals surface area contributed by atoms with E-state index in [2.05, 4.69) is 5.32 Å². The SMILES string of the molecule is CC(C)[Si](O)(CCCNc1c(F)c(F)c(F)c(F)c1F)C(C)C. The fourth-order valence-electron chi connectivity index (χ4n) is 2.59. The molecule has 23 heavy (non-hydrogen) atoms. The highest BCUT2D eigenvalue weighted by Crippen LogP contribution is 2.34. The number of halogens is 5. The van der Waals surface area contributed by atoms with Gasteiger partial charge < -0.3 is 10.1 Å². The van der Waals surface area contributed by atoms with Crippen LogP contribution in [0.2, 0.25) is 17.1 Å². The van der Waals surface area contributed by atoms with Crippen molar-refractivity contribution in [3.63, 3.8) is 0 Å². The van der Waals surface area contributed by atoms with Gasteiger partial charge in [-0.3, -0.25) is 0 Å². The van der Waals surface area contributed by atoms with E-state index < -0.39 is 43.1 Å². The Morgan fingerprint density at radius 3 is 1.61 bits per heavy atom. The summed E-state index contributed by atoms with van der Waals surface area (Å²) in [6.45, 7) is 7.69. The molecule has 1 rings (SSSR count). The first kappa shape index (κ1) is 19.9. The maximum Gasteiger partial charge on any atom is 0.200 e. The molecule has 0 bridgehead atoms. The molecule has 8 heteroatoms. The minimum atomic E-state index is -2.54. The lowest BCUT2D eigenvalue weighted by molar-refractivity contribution is 0.381. The normalized spacial score (nSPS) is 12.3. The van der Waals surface area contributed by atoms with E-state index in [9.17, 15) is 26.7 Å². The van der Waals surface area contributed by atoms with Crippen molar-refractivity contribution in [2.75, 3.05) is 11.9 Å². The average molecular weight is 355 g/mol. The van der Waals surface area contributed by atoms with Crippen molar-refractivity contribution in [3.8, 4) is 0 Å². The highest BCUT2D eigenvalue weighted by molar-refractivity contribution is 6.75. The van der Waals surface area contributed by atoms with Gasteiger partial charge in [0.1, 0.15) is 5.69 Å². The Balaban J connectivity index is 2.78. The smallest absolute Gasteiger partial charge is 0.200 e. The number of hydrogen-bond acceptors (Lipinski definition) is 2. The van der Waals surface area contributed by atoms with Crippen molar-refractivity contribution >= 4 is 14.0 Å². The minimum Gasteiger partial charge on any atom is -0.431 e. The van der Waals surface area contributed by atoms with E-state index >= 15 is 0 Å². The predicted molar refractivity (Wildman–Crippen MR) is 82.3 cm³/mol. The second kappa shape index (κ2) is 7.61. The molecule has 0 atom stereocenters. The number of rotatable bonds is 7. The number of nitrogens with one attached hydrogen (secondary N) is 1. The third-order valence-electron chi connectivity index (χ3n) is 4.27. The maximum atomic E-state index is 13.5. The van der Waals surface area contributed by atoms with E-state index in [1.807, 2.05) is 27.7 Å². The summed E-state index contributed by atoms with van der Waals surface area (Å²) in [7, 11) is -2.54. The second-order valence-electron chi connectivity index (χ2n) is 6.28. The Morgan fingerprint density at radius 2 is 1.22 bits per heavy atom. The zero-order valence-electron chi connectivity index (χ0n) is 13.6. The molecule has 0 aromatic heterocycles. The van der Waals surface area contributed by atoms with Gasteiger partial charge in [0.05, 0.1) is 0 Å². The first-order valence-electron chi connectivity index (χ1n) is 7.51. The van der Waals surface area contributed by atoms with Crippen LogP contribution in [0.15, 0.2) is 0 Å². The first-order chi connectivity index (χ1) is 10.5. The van der Waals surface area contributed by atoms with E-state index in [1.54, 1.807) is 0 Å². The number of benzene rings is 1. The Morgan fingerprint density at radius 1 is 0.826 bits per heavy atom. The van der Waals surface area contributed by atoms with Crippen molar-refractivity contribution in [2.24, 2.45) is 0 Å². The standard InChI is InChI=1S/C15H22F5NOSi/c1-8(2)23(22,9(3)4)7-5-6-21-15-13(19)11(17)10(16)12(18)14(15)20/h8-9,21-22H,5-7H2,1-4H3. The lowest BCUT2D eigenvalue weighted by Crippen LogP contribution is -2.41. The van der Waals surface area contributed by atoms with Crippen LogP contribution in [-0.2, 0) is 0 Å². The summed E-state index contributed by atoms with van der Waals surface area (Å²) in [4.78, 5) is 10.7. The van der Waals surface area contributed by atoms with Crippen LogP contribution in [0, 0.1) is 29.1 Å². The number of hydrogen-bond donors (Lipinski definition) is 2. The van der Waals surface area contributed by atoms with Gasteiger partial charge in [0.15, 0.2) is 31.6 Å². The molecule has 2 nitrogen and oxygen atoms in total. The highest BCUT2D eigenvalue weighted by atomic mass is 28.4. The van der Waals surface area contributed by atoms with Gasteiger partial charge in [0.25, 0.3) is 0 Å². The van der Waals surface area contributed by atoms with E-state index in [1.165, 1.54) is 0 Å². The van der Waals surface area contributed by atoms with Crippen LogP contribution in [-0.4, -0.2) is 19.7 Å². The monoisotopic (exact) mass is 355 g/mol. The maximum absolute atomic E-state index is 13.5. The zero-order valence-corrected chi connectivity index (χ0v) is 14.6. The molecule has 132 valence electrons. The van der Waals surface area contributed by atoms with Crippen LogP contribution in [0.5, 0.6) is 0 Å². The first-order valence-corrected chi connectivity index (χ1v) is 9.82. The molecule has 0 heterocycles. The molecule has 0 aliphatic heterocycles. The van der Waals surface area contributed by atoms with Crippen LogP contribution in [0.1, 0.15) is 34.1 Å². The Hall–Kier alpha value is -1.15. The van der Waals surface area contributed by atoms with Crippen LogP contribution < -0.4 is 5.32 Å². The summed E-state index contributed by atoms with van der Waals surface area (Å²) in [5, 5.41) is 2.25. The molecule has 0 amide bonds. The third-order valence-corrected chi connectivity index (χ3v) is 9.42. The van der Waals surface area contributed by atoms with Crippen LogP contribution in [0.25, 0.3) is 0 Å². The van der Waals surface area contributed by atoms with Gasteiger partial charge in [-0.2, -0.15) is 0 Å². The molecule has 0 fully saturated rings. The van der Waals surface area contributed by atoms with Crippen molar-refractivity contribution in [3.05, 3.63) is 29.1 Å². The zero-order chi connectivity index (χ0) is 17.9. The van der Waals surface area contributed by atoms with E-state index in [4.69, 9.17) is 0 Å². The third kappa shape index (κ3) is 4.03. The molecule has 0 saturated heterocycles. The molecule has 0 radical (unpaired) electrons. The predicted octanol–water partition coefficient (Wildman–Crippen LogP) is 4.94. The molecule has 0 unspecified atom stereocenters. The second-order valence-corrected chi connectivity index (χ2v) is 11.1. The summed E-state index contributed by atoms with van der Waals surface area (Å²) in [5.41, 5.74) is -0.811. The van der Waals surface area contributed by atoms with E-state index in [0.717, 1.165) is 0 Å². The van der Waals surface area contributed by atoms with E-state index in [-0.39, 0.29) is 17.6 Å². The van der Waals surface area contributed by atoms with Gasteiger partial charge in [-0.1, -0.05) is 27.7 Å². The quantitative estimate of drug-likeness (QED) is 0.239. The molecule has 1 aromatic rings. The summed E-state index contributed by atoms with van der Waals surface area (Å²) in [6.07, 6.45) is 0.374. The summed E-state index contributed by atoms with van der Waals surface area (Å²) in [6, 6.07) is 0.477.